The van der Waals surface area contributed by atoms with Crippen LogP contribution in [0.3, 0.4) is 0 Å². The molecular weight excluding hydrogens is 284 g/mol. The molecular formula is C15H22N4O3. The van der Waals surface area contributed by atoms with E-state index in [-0.39, 0.29) is 23.8 Å². The molecule has 2 amide bonds. The van der Waals surface area contributed by atoms with Crippen molar-refractivity contribution in [3.63, 3.8) is 0 Å². The molecule has 1 aromatic rings. The molecule has 7 heteroatoms. The Morgan fingerprint density at radius 2 is 2.18 bits per heavy atom. The Labute approximate surface area is 129 Å². The first-order valence-electron chi connectivity index (χ1n) is 7.76. The van der Waals surface area contributed by atoms with Crippen LogP contribution >= 0.6 is 0 Å². The van der Waals surface area contributed by atoms with Crippen molar-refractivity contribution in [2.75, 3.05) is 20.2 Å². The van der Waals surface area contributed by atoms with Gasteiger partial charge in [-0.2, -0.15) is 0 Å². The third-order valence-electron chi connectivity index (χ3n) is 4.55. The van der Waals surface area contributed by atoms with Crippen LogP contribution in [0.4, 0.5) is 0 Å². The molecule has 0 saturated carbocycles. The van der Waals surface area contributed by atoms with Gasteiger partial charge >= 0.3 is 0 Å². The predicted molar refractivity (Wildman–Crippen MR) is 78.3 cm³/mol. The lowest BCUT2D eigenvalue weighted by Gasteiger charge is -2.40. The quantitative estimate of drug-likeness (QED) is 0.813. The fourth-order valence-electron chi connectivity index (χ4n) is 3.27. The highest BCUT2D eigenvalue weighted by Gasteiger charge is 2.43. The van der Waals surface area contributed by atoms with Crippen molar-refractivity contribution >= 4 is 11.8 Å². The van der Waals surface area contributed by atoms with Crippen molar-refractivity contribution in [1.29, 1.82) is 0 Å². The van der Waals surface area contributed by atoms with E-state index >= 15 is 0 Å². The second-order valence-electron chi connectivity index (χ2n) is 5.97. The smallest absolute Gasteiger partial charge is 0.251 e. The summed E-state index contributed by atoms with van der Waals surface area (Å²) in [6.07, 6.45) is 6.40. The number of aryl methyl sites for hydroxylation is 1. The number of aromatic nitrogens is 2. The van der Waals surface area contributed by atoms with Crippen LogP contribution in [0.25, 0.3) is 0 Å². The zero-order valence-corrected chi connectivity index (χ0v) is 13.1. The van der Waals surface area contributed by atoms with Gasteiger partial charge in [-0.25, -0.2) is 10.0 Å². The van der Waals surface area contributed by atoms with Gasteiger partial charge in [0.2, 0.25) is 5.91 Å². The first-order chi connectivity index (χ1) is 10.6. The van der Waals surface area contributed by atoms with E-state index in [1.165, 1.54) is 5.06 Å². The minimum absolute atomic E-state index is 0.0351. The number of likely N-dealkylation sites (tertiary alicyclic amines) is 1. The largest absolute Gasteiger partial charge is 0.336 e. The summed E-state index contributed by atoms with van der Waals surface area (Å²) in [7, 11) is 3.63. The van der Waals surface area contributed by atoms with Gasteiger partial charge in [0.1, 0.15) is 11.9 Å². The van der Waals surface area contributed by atoms with E-state index in [1.54, 1.807) is 18.1 Å². The van der Waals surface area contributed by atoms with Gasteiger partial charge in [-0.05, 0) is 19.3 Å². The van der Waals surface area contributed by atoms with Crippen molar-refractivity contribution in [3.8, 4) is 0 Å². The maximum absolute atomic E-state index is 12.8. The number of hydrogen-bond acceptors (Lipinski definition) is 4. The van der Waals surface area contributed by atoms with Gasteiger partial charge in [0.25, 0.3) is 5.91 Å². The average molecular weight is 306 g/mol. The van der Waals surface area contributed by atoms with Gasteiger partial charge < -0.3 is 9.47 Å². The van der Waals surface area contributed by atoms with Gasteiger partial charge in [0, 0.05) is 39.5 Å². The summed E-state index contributed by atoms with van der Waals surface area (Å²) < 4.78 is 1.87. The summed E-state index contributed by atoms with van der Waals surface area (Å²) in [5.41, 5.74) is 0. The summed E-state index contributed by atoms with van der Waals surface area (Å²) in [6, 6.07) is -0.334. The van der Waals surface area contributed by atoms with E-state index in [0.29, 0.717) is 26.0 Å². The Bertz CT molecular complexity index is 565. The van der Waals surface area contributed by atoms with E-state index in [2.05, 4.69) is 4.98 Å². The molecule has 7 nitrogen and oxygen atoms in total. The second-order valence-corrected chi connectivity index (χ2v) is 5.97. The number of nitrogens with zero attached hydrogens (tertiary/aromatic N) is 4. The zero-order chi connectivity index (χ0) is 15.7. The molecule has 0 aromatic carbocycles. The highest BCUT2D eigenvalue weighted by molar-refractivity contribution is 5.84. The van der Waals surface area contributed by atoms with E-state index in [1.807, 2.05) is 17.8 Å². The molecule has 0 unspecified atom stereocenters. The second kappa shape index (κ2) is 6.08. The Balaban J connectivity index is 1.88. The third kappa shape index (κ3) is 2.61. The molecule has 2 fully saturated rings. The first-order valence-corrected chi connectivity index (χ1v) is 7.76. The number of rotatable bonds is 2. The van der Waals surface area contributed by atoms with Crippen molar-refractivity contribution in [2.24, 2.45) is 13.0 Å². The molecule has 2 aliphatic rings. The highest BCUT2D eigenvalue weighted by atomic mass is 16.7. The third-order valence-corrected chi connectivity index (χ3v) is 4.55. The minimum Gasteiger partial charge on any atom is -0.336 e. The number of hydrogen-bond donors (Lipinski definition) is 0. The van der Waals surface area contributed by atoms with Gasteiger partial charge in [0.15, 0.2) is 0 Å². The molecule has 22 heavy (non-hydrogen) atoms. The molecule has 0 radical (unpaired) electrons. The van der Waals surface area contributed by atoms with E-state index in [9.17, 15) is 9.59 Å². The Morgan fingerprint density at radius 3 is 2.82 bits per heavy atom. The standard InChI is InChI=1S/C15H22N4O3/c1-17-9-7-16-14(17)13-11(5-6-12(20)18(13)2)15(21)19-8-3-4-10-22-19/h7,9,11,13H,3-6,8,10H2,1-2H3/t11-,13-/m0/s1. The highest BCUT2D eigenvalue weighted by Crippen LogP contribution is 2.36. The minimum atomic E-state index is -0.334. The molecule has 3 rings (SSSR count). The maximum atomic E-state index is 12.8. The lowest BCUT2D eigenvalue weighted by Crippen LogP contribution is -2.49. The van der Waals surface area contributed by atoms with Crippen molar-refractivity contribution in [2.45, 2.75) is 31.7 Å². The normalized spacial score (nSPS) is 26.4. The van der Waals surface area contributed by atoms with Crippen LogP contribution in [0.15, 0.2) is 12.4 Å². The van der Waals surface area contributed by atoms with Crippen molar-refractivity contribution in [3.05, 3.63) is 18.2 Å². The van der Waals surface area contributed by atoms with Crippen molar-refractivity contribution in [1.82, 2.24) is 19.5 Å². The average Bonchev–Trinajstić information content (AvgIpc) is 2.96. The van der Waals surface area contributed by atoms with Gasteiger partial charge in [-0.3, -0.25) is 14.4 Å². The molecule has 120 valence electrons. The summed E-state index contributed by atoms with van der Waals surface area (Å²) in [6.45, 7) is 1.21. The molecule has 0 bridgehead atoms. The first kappa shape index (κ1) is 15.0. The molecule has 2 atom stereocenters. The number of carbonyl (C=O) groups excluding carboxylic acids is 2. The Kier molecular flexibility index (Phi) is 4.15. The number of carbonyl (C=O) groups is 2. The van der Waals surface area contributed by atoms with Crippen LogP contribution in [0.5, 0.6) is 0 Å². The van der Waals surface area contributed by atoms with Gasteiger partial charge in [-0.15, -0.1) is 0 Å². The molecule has 2 saturated heterocycles. The van der Waals surface area contributed by atoms with Crippen LogP contribution in [0.1, 0.15) is 37.5 Å². The SMILES string of the molecule is CN1C(=O)CC[C@H](C(=O)N2CCCCO2)[C@H]1c1nccn1C. The van der Waals surface area contributed by atoms with E-state index in [4.69, 9.17) is 4.84 Å². The molecule has 3 heterocycles. The summed E-state index contributed by atoms with van der Waals surface area (Å²) in [5, 5.41) is 1.48. The maximum Gasteiger partial charge on any atom is 0.251 e. The molecule has 0 N–H and O–H groups in total. The Morgan fingerprint density at radius 1 is 1.36 bits per heavy atom. The molecule has 1 aromatic heterocycles. The van der Waals surface area contributed by atoms with Crippen LogP contribution in [0, 0.1) is 5.92 Å². The number of piperidine rings is 1. The van der Waals surface area contributed by atoms with Crippen molar-refractivity contribution < 1.29 is 14.4 Å². The van der Waals surface area contributed by atoms with Crippen LogP contribution in [0.2, 0.25) is 0 Å². The fourth-order valence-corrected chi connectivity index (χ4v) is 3.27. The van der Waals surface area contributed by atoms with Gasteiger partial charge in [-0.1, -0.05) is 0 Å². The number of imidazole rings is 1. The van der Waals surface area contributed by atoms with Crippen LogP contribution < -0.4 is 0 Å². The predicted octanol–water partition coefficient (Wildman–Crippen LogP) is 0.884. The number of amides is 2. The molecule has 0 spiro atoms. The zero-order valence-electron chi connectivity index (χ0n) is 13.1. The van der Waals surface area contributed by atoms with E-state index in [0.717, 1.165) is 18.7 Å². The lowest BCUT2D eigenvalue weighted by molar-refractivity contribution is -0.204. The number of hydroxylamine groups is 2. The summed E-state index contributed by atoms with van der Waals surface area (Å²) in [5.74, 6) is 0.455. The van der Waals surface area contributed by atoms with Gasteiger partial charge in [0.05, 0.1) is 12.5 Å². The monoisotopic (exact) mass is 306 g/mol. The topological polar surface area (TPSA) is 67.7 Å². The van der Waals surface area contributed by atoms with Crippen LogP contribution in [-0.4, -0.2) is 51.5 Å². The van der Waals surface area contributed by atoms with Crippen LogP contribution in [-0.2, 0) is 21.5 Å². The summed E-state index contributed by atoms with van der Waals surface area (Å²) >= 11 is 0. The molecule has 0 aliphatic carbocycles. The summed E-state index contributed by atoms with van der Waals surface area (Å²) in [4.78, 5) is 36.5. The Hall–Kier alpha value is -1.89. The van der Waals surface area contributed by atoms with E-state index < -0.39 is 0 Å². The lowest BCUT2D eigenvalue weighted by atomic mass is 9.87. The fraction of sp³-hybridized carbons (Fsp3) is 0.667. The molecule has 2 aliphatic heterocycles.